The van der Waals surface area contributed by atoms with Crippen molar-refractivity contribution in [2.45, 2.75) is 17.7 Å². The number of carbonyl (C=O) groups excluding carboxylic acids is 1. The van der Waals surface area contributed by atoms with E-state index in [9.17, 15) is 13.2 Å². The molecule has 0 bridgehead atoms. The molecule has 2 aliphatic rings. The molecule has 2 atom stereocenters. The number of rotatable bonds is 4. The van der Waals surface area contributed by atoms with Crippen molar-refractivity contribution in [3.8, 4) is 0 Å². The number of hydrogen-bond donors (Lipinski definition) is 2. The van der Waals surface area contributed by atoms with Gasteiger partial charge in [0.05, 0.1) is 24.5 Å². The Kier molecular flexibility index (Phi) is 4.90. The van der Waals surface area contributed by atoms with E-state index in [1.54, 1.807) is 24.5 Å². The van der Waals surface area contributed by atoms with E-state index in [1.807, 2.05) is 0 Å². The Labute approximate surface area is 135 Å². The standard InChI is InChI=1S/C14H20N4O4S/c19-14(17-11-1-3-15-4-2-11)13-9-12(10-16-13)23(20,21)18-5-7-22-8-6-18/h1-4,12-13,16H,5-10H2,(H,15,17,19). The molecule has 1 aromatic rings. The highest BCUT2D eigenvalue weighted by molar-refractivity contribution is 7.89. The Bertz CT molecular complexity index is 646. The summed E-state index contributed by atoms with van der Waals surface area (Å²) in [6.45, 7) is 1.89. The predicted octanol–water partition coefficient (Wildman–Crippen LogP) is -0.587. The van der Waals surface area contributed by atoms with Crippen LogP contribution in [0.2, 0.25) is 0 Å². The number of amides is 1. The summed E-state index contributed by atoms with van der Waals surface area (Å²) in [5.41, 5.74) is 0.645. The Balaban J connectivity index is 1.60. The largest absolute Gasteiger partial charge is 0.379 e. The summed E-state index contributed by atoms with van der Waals surface area (Å²) in [7, 11) is -3.40. The van der Waals surface area contributed by atoms with Gasteiger partial charge in [0, 0.05) is 37.7 Å². The van der Waals surface area contributed by atoms with Gasteiger partial charge in [0.25, 0.3) is 0 Å². The van der Waals surface area contributed by atoms with E-state index in [4.69, 9.17) is 4.74 Å². The summed E-state index contributed by atoms with van der Waals surface area (Å²) in [5, 5.41) is 5.20. The van der Waals surface area contributed by atoms with Crippen molar-refractivity contribution in [2.75, 3.05) is 38.2 Å². The Hall–Kier alpha value is -1.55. The lowest BCUT2D eigenvalue weighted by molar-refractivity contribution is -0.117. The minimum absolute atomic E-state index is 0.226. The van der Waals surface area contributed by atoms with Gasteiger partial charge in [-0.2, -0.15) is 4.31 Å². The molecule has 0 spiro atoms. The zero-order valence-electron chi connectivity index (χ0n) is 12.6. The van der Waals surface area contributed by atoms with Gasteiger partial charge in [-0.1, -0.05) is 0 Å². The van der Waals surface area contributed by atoms with Gasteiger partial charge in [-0.25, -0.2) is 8.42 Å². The second-order valence-corrected chi connectivity index (χ2v) is 7.81. The second-order valence-electron chi connectivity index (χ2n) is 5.60. The summed E-state index contributed by atoms with van der Waals surface area (Å²) < 4.78 is 31.9. The number of hydrogen-bond acceptors (Lipinski definition) is 6. The number of aromatic nitrogens is 1. The van der Waals surface area contributed by atoms with Crippen LogP contribution in [0.3, 0.4) is 0 Å². The van der Waals surface area contributed by atoms with Gasteiger partial charge >= 0.3 is 0 Å². The summed E-state index contributed by atoms with van der Waals surface area (Å²) in [6.07, 6.45) is 3.45. The van der Waals surface area contributed by atoms with Crippen LogP contribution in [0, 0.1) is 0 Å². The maximum Gasteiger partial charge on any atom is 0.241 e. The van der Waals surface area contributed by atoms with Crippen LogP contribution in [0.15, 0.2) is 24.5 Å². The molecule has 3 heterocycles. The van der Waals surface area contributed by atoms with Gasteiger partial charge in [-0.15, -0.1) is 0 Å². The fraction of sp³-hybridized carbons (Fsp3) is 0.571. The van der Waals surface area contributed by atoms with Gasteiger partial charge in [0.1, 0.15) is 0 Å². The zero-order chi connectivity index (χ0) is 16.3. The molecule has 1 aromatic heterocycles. The highest BCUT2D eigenvalue weighted by Crippen LogP contribution is 2.21. The molecule has 23 heavy (non-hydrogen) atoms. The average molecular weight is 340 g/mol. The molecular formula is C14H20N4O4S. The number of pyridine rings is 1. The third-order valence-electron chi connectivity index (χ3n) is 4.11. The van der Waals surface area contributed by atoms with Gasteiger partial charge in [-0.05, 0) is 18.6 Å². The summed E-state index contributed by atoms with van der Waals surface area (Å²) >= 11 is 0. The third-order valence-corrected chi connectivity index (χ3v) is 6.39. The molecule has 0 aromatic carbocycles. The molecule has 3 rings (SSSR count). The second kappa shape index (κ2) is 6.91. The van der Waals surface area contributed by atoms with Crippen LogP contribution in [-0.4, -0.2) is 67.8 Å². The molecule has 0 saturated carbocycles. The number of sulfonamides is 1. The average Bonchev–Trinajstić information content (AvgIpc) is 3.07. The highest BCUT2D eigenvalue weighted by atomic mass is 32.2. The fourth-order valence-electron chi connectivity index (χ4n) is 2.81. The number of anilines is 1. The summed E-state index contributed by atoms with van der Waals surface area (Å²) in [6, 6.07) is 2.87. The first-order chi connectivity index (χ1) is 11.1. The SMILES string of the molecule is O=C(Nc1ccncc1)C1CC(S(=O)(=O)N2CCOCC2)CN1. The molecule has 2 fully saturated rings. The number of morpholine rings is 1. The lowest BCUT2D eigenvalue weighted by atomic mass is 10.2. The number of nitrogens with one attached hydrogen (secondary N) is 2. The van der Waals surface area contributed by atoms with Crippen molar-refractivity contribution in [1.82, 2.24) is 14.6 Å². The number of carbonyl (C=O) groups is 1. The van der Waals surface area contributed by atoms with Crippen LogP contribution in [0.1, 0.15) is 6.42 Å². The van der Waals surface area contributed by atoms with E-state index in [0.29, 0.717) is 32.0 Å². The van der Waals surface area contributed by atoms with Crippen LogP contribution in [-0.2, 0) is 19.6 Å². The molecule has 2 unspecified atom stereocenters. The Morgan fingerprint density at radius 3 is 2.70 bits per heavy atom. The summed E-state index contributed by atoms with van der Waals surface area (Å²) in [5.74, 6) is -0.226. The van der Waals surface area contributed by atoms with E-state index in [-0.39, 0.29) is 18.9 Å². The minimum Gasteiger partial charge on any atom is -0.379 e. The van der Waals surface area contributed by atoms with Gasteiger partial charge in [0.2, 0.25) is 15.9 Å². The third kappa shape index (κ3) is 3.69. The maximum absolute atomic E-state index is 12.6. The molecule has 0 radical (unpaired) electrons. The molecule has 9 heteroatoms. The van der Waals surface area contributed by atoms with Gasteiger partial charge in [0.15, 0.2) is 0 Å². The number of ether oxygens (including phenoxy) is 1. The van der Waals surface area contributed by atoms with Crippen molar-refractivity contribution in [1.29, 1.82) is 0 Å². The maximum atomic E-state index is 12.6. The Morgan fingerprint density at radius 1 is 1.30 bits per heavy atom. The minimum atomic E-state index is -3.40. The Morgan fingerprint density at radius 2 is 2.00 bits per heavy atom. The highest BCUT2D eigenvalue weighted by Gasteiger charge is 2.40. The van der Waals surface area contributed by atoms with E-state index in [1.165, 1.54) is 4.31 Å². The van der Waals surface area contributed by atoms with Crippen molar-refractivity contribution in [2.24, 2.45) is 0 Å². The van der Waals surface area contributed by atoms with Crippen LogP contribution in [0.4, 0.5) is 5.69 Å². The van der Waals surface area contributed by atoms with Crippen LogP contribution in [0.25, 0.3) is 0 Å². The van der Waals surface area contributed by atoms with Crippen LogP contribution >= 0.6 is 0 Å². The molecule has 2 N–H and O–H groups in total. The lowest BCUT2D eigenvalue weighted by Gasteiger charge is -2.28. The van der Waals surface area contributed by atoms with E-state index in [2.05, 4.69) is 15.6 Å². The van der Waals surface area contributed by atoms with Crippen molar-refractivity contribution in [3.05, 3.63) is 24.5 Å². The van der Waals surface area contributed by atoms with Crippen molar-refractivity contribution >= 4 is 21.6 Å². The first kappa shape index (κ1) is 16.3. The first-order valence-corrected chi connectivity index (χ1v) is 9.08. The van der Waals surface area contributed by atoms with Crippen molar-refractivity contribution < 1.29 is 17.9 Å². The van der Waals surface area contributed by atoms with Crippen LogP contribution < -0.4 is 10.6 Å². The van der Waals surface area contributed by atoms with E-state index in [0.717, 1.165) is 0 Å². The van der Waals surface area contributed by atoms with Gasteiger partial charge < -0.3 is 15.4 Å². The quantitative estimate of drug-likeness (QED) is 0.760. The van der Waals surface area contributed by atoms with E-state index < -0.39 is 21.3 Å². The molecule has 2 aliphatic heterocycles. The fourth-order valence-corrected chi connectivity index (χ4v) is 4.63. The molecule has 2 saturated heterocycles. The van der Waals surface area contributed by atoms with Crippen molar-refractivity contribution in [3.63, 3.8) is 0 Å². The molecule has 8 nitrogen and oxygen atoms in total. The normalized spacial score (nSPS) is 26.1. The first-order valence-electron chi connectivity index (χ1n) is 7.58. The predicted molar refractivity (Wildman–Crippen MR) is 84.4 cm³/mol. The smallest absolute Gasteiger partial charge is 0.241 e. The van der Waals surface area contributed by atoms with E-state index >= 15 is 0 Å². The molecular weight excluding hydrogens is 320 g/mol. The monoisotopic (exact) mass is 340 g/mol. The molecule has 1 amide bonds. The van der Waals surface area contributed by atoms with Crippen LogP contribution in [0.5, 0.6) is 0 Å². The van der Waals surface area contributed by atoms with Gasteiger partial charge in [-0.3, -0.25) is 9.78 Å². The molecule has 0 aliphatic carbocycles. The topological polar surface area (TPSA) is 101 Å². The zero-order valence-corrected chi connectivity index (χ0v) is 13.5. The molecule has 126 valence electrons. The lowest BCUT2D eigenvalue weighted by Crippen LogP contribution is -2.45. The summed E-state index contributed by atoms with van der Waals surface area (Å²) in [4.78, 5) is 16.1. The number of nitrogens with zero attached hydrogens (tertiary/aromatic N) is 2.